The molecule has 0 atom stereocenters. The number of hydrogen-bond acceptors (Lipinski definition) is 3. The molecule has 2 heterocycles. The van der Waals surface area contributed by atoms with Crippen molar-refractivity contribution in [2.45, 2.75) is 6.54 Å². The van der Waals surface area contributed by atoms with E-state index in [-0.39, 0.29) is 0 Å². The topological polar surface area (TPSA) is 56.7 Å². The number of aryl methyl sites for hydroxylation is 1. The van der Waals surface area contributed by atoms with Gasteiger partial charge in [-0.15, -0.1) is 0 Å². The largest absolute Gasteiger partial charge is 0.334 e. The number of imidazole rings is 1. The van der Waals surface area contributed by atoms with E-state index < -0.39 is 0 Å². The maximum Gasteiger partial charge on any atom is 0.0955 e. The predicted octanol–water partition coefficient (Wildman–Crippen LogP) is 2.09. The van der Waals surface area contributed by atoms with E-state index in [9.17, 15) is 0 Å². The molecular weight excluding hydrogens is 224 g/mol. The Labute approximate surface area is 105 Å². The summed E-state index contributed by atoms with van der Waals surface area (Å²) in [5, 5.41) is 0. The Morgan fingerprint density at radius 2 is 2.17 bits per heavy atom. The van der Waals surface area contributed by atoms with E-state index in [0.29, 0.717) is 6.54 Å². The maximum absolute atomic E-state index is 5.74. The van der Waals surface area contributed by atoms with Gasteiger partial charge in [0, 0.05) is 26.0 Å². The summed E-state index contributed by atoms with van der Waals surface area (Å²) in [4.78, 5) is 8.48. The van der Waals surface area contributed by atoms with Crippen LogP contribution in [0.25, 0.3) is 22.2 Å². The van der Waals surface area contributed by atoms with Crippen molar-refractivity contribution in [2.24, 2.45) is 12.8 Å². The normalized spacial score (nSPS) is 11.0. The van der Waals surface area contributed by atoms with E-state index in [0.717, 1.165) is 27.7 Å². The third-order valence-corrected chi connectivity index (χ3v) is 3.16. The number of aromatic nitrogens is 3. The van der Waals surface area contributed by atoms with Gasteiger partial charge in [0.25, 0.3) is 0 Å². The zero-order valence-corrected chi connectivity index (χ0v) is 10.2. The van der Waals surface area contributed by atoms with Crippen molar-refractivity contribution >= 4 is 11.0 Å². The second-order valence-electron chi connectivity index (χ2n) is 4.30. The highest BCUT2D eigenvalue weighted by Gasteiger charge is 2.06. The summed E-state index contributed by atoms with van der Waals surface area (Å²) in [5.74, 6) is 0. The molecule has 2 N–H and O–H groups in total. The Morgan fingerprint density at radius 3 is 3.00 bits per heavy atom. The number of benzene rings is 1. The lowest BCUT2D eigenvalue weighted by Crippen LogP contribution is -1.99. The summed E-state index contributed by atoms with van der Waals surface area (Å²) in [6.45, 7) is 0.490. The lowest BCUT2D eigenvalue weighted by atomic mass is 10.0. The standard InChI is InChI=1S/C14H14N4/c1-18-9-17-13-6-10(2-3-14(13)18)12-4-5-16-8-11(12)7-15/h2-6,8-9H,7,15H2,1H3. The third kappa shape index (κ3) is 1.67. The number of nitrogens with zero attached hydrogens (tertiary/aromatic N) is 3. The zero-order chi connectivity index (χ0) is 12.5. The van der Waals surface area contributed by atoms with Crippen LogP contribution in [0.5, 0.6) is 0 Å². The first-order valence-corrected chi connectivity index (χ1v) is 5.84. The van der Waals surface area contributed by atoms with E-state index in [1.807, 2.05) is 30.2 Å². The summed E-state index contributed by atoms with van der Waals surface area (Å²) >= 11 is 0. The van der Waals surface area contributed by atoms with E-state index in [4.69, 9.17) is 5.73 Å². The molecule has 4 heteroatoms. The van der Waals surface area contributed by atoms with E-state index in [1.165, 1.54) is 0 Å². The molecule has 0 aliphatic rings. The minimum Gasteiger partial charge on any atom is -0.334 e. The Bertz CT molecular complexity index is 700. The van der Waals surface area contributed by atoms with Gasteiger partial charge in [0.05, 0.1) is 17.4 Å². The van der Waals surface area contributed by atoms with Crippen molar-refractivity contribution in [3.05, 3.63) is 48.5 Å². The molecule has 4 nitrogen and oxygen atoms in total. The van der Waals surface area contributed by atoms with Crippen LogP contribution in [0.2, 0.25) is 0 Å². The average molecular weight is 238 g/mol. The lowest BCUT2D eigenvalue weighted by Gasteiger charge is -2.07. The molecule has 0 fully saturated rings. The quantitative estimate of drug-likeness (QED) is 0.743. The van der Waals surface area contributed by atoms with Crippen LogP contribution >= 0.6 is 0 Å². The minimum atomic E-state index is 0.490. The van der Waals surface area contributed by atoms with Gasteiger partial charge >= 0.3 is 0 Å². The van der Waals surface area contributed by atoms with Crippen molar-refractivity contribution in [1.82, 2.24) is 14.5 Å². The molecule has 0 aliphatic carbocycles. The summed E-state index contributed by atoms with van der Waals surface area (Å²) in [6, 6.07) is 8.26. The molecule has 18 heavy (non-hydrogen) atoms. The third-order valence-electron chi connectivity index (χ3n) is 3.16. The molecule has 3 rings (SSSR count). The Morgan fingerprint density at radius 1 is 1.28 bits per heavy atom. The molecule has 90 valence electrons. The van der Waals surface area contributed by atoms with Gasteiger partial charge in [-0.05, 0) is 34.9 Å². The van der Waals surface area contributed by atoms with Crippen molar-refractivity contribution < 1.29 is 0 Å². The zero-order valence-electron chi connectivity index (χ0n) is 10.2. The van der Waals surface area contributed by atoms with Crippen LogP contribution in [-0.4, -0.2) is 14.5 Å². The summed E-state index contributed by atoms with van der Waals surface area (Å²) < 4.78 is 2.01. The molecule has 0 saturated carbocycles. The molecule has 0 saturated heterocycles. The van der Waals surface area contributed by atoms with Crippen molar-refractivity contribution in [1.29, 1.82) is 0 Å². The monoisotopic (exact) mass is 238 g/mol. The second kappa shape index (κ2) is 4.23. The molecule has 0 amide bonds. The van der Waals surface area contributed by atoms with Gasteiger partial charge in [0.2, 0.25) is 0 Å². The van der Waals surface area contributed by atoms with Gasteiger partial charge in [-0.1, -0.05) is 6.07 Å². The second-order valence-corrected chi connectivity index (χ2v) is 4.30. The van der Waals surface area contributed by atoms with E-state index in [1.54, 1.807) is 6.20 Å². The Hall–Kier alpha value is -2.20. The molecule has 0 spiro atoms. The number of rotatable bonds is 2. The molecule has 1 aromatic carbocycles. The van der Waals surface area contributed by atoms with Gasteiger partial charge in [0.1, 0.15) is 0 Å². The van der Waals surface area contributed by atoms with Crippen LogP contribution in [0.15, 0.2) is 43.0 Å². The average Bonchev–Trinajstić information content (AvgIpc) is 2.80. The fourth-order valence-corrected chi connectivity index (χ4v) is 2.18. The number of pyridine rings is 1. The molecule has 3 aromatic rings. The summed E-state index contributed by atoms with van der Waals surface area (Å²) in [6.07, 6.45) is 5.43. The first-order chi connectivity index (χ1) is 8.79. The summed E-state index contributed by atoms with van der Waals surface area (Å²) in [7, 11) is 1.99. The van der Waals surface area contributed by atoms with Gasteiger partial charge in [0.15, 0.2) is 0 Å². The SMILES string of the molecule is Cn1cnc2cc(-c3ccncc3CN)ccc21. The predicted molar refractivity (Wildman–Crippen MR) is 71.8 cm³/mol. The number of fused-ring (bicyclic) bond motifs is 1. The summed E-state index contributed by atoms with van der Waals surface area (Å²) in [5.41, 5.74) is 11.2. The number of hydrogen-bond donors (Lipinski definition) is 1. The van der Waals surface area contributed by atoms with Crippen LogP contribution in [0.3, 0.4) is 0 Å². The van der Waals surface area contributed by atoms with Gasteiger partial charge < -0.3 is 10.3 Å². The highest BCUT2D eigenvalue weighted by atomic mass is 15.0. The molecule has 0 radical (unpaired) electrons. The van der Waals surface area contributed by atoms with Crippen LogP contribution in [0.1, 0.15) is 5.56 Å². The van der Waals surface area contributed by atoms with Gasteiger partial charge in [-0.2, -0.15) is 0 Å². The van der Waals surface area contributed by atoms with Gasteiger partial charge in [-0.3, -0.25) is 4.98 Å². The Kier molecular flexibility index (Phi) is 2.57. The smallest absolute Gasteiger partial charge is 0.0955 e. The minimum absolute atomic E-state index is 0.490. The maximum atomic E-state index is 5.74. The molecule has 2 aromatic heterocycles. The Balaban J connectivity index is 2.19. The van der Waals surface area contributed by atoms with Gasteiger partial charge in [-0.25, -0.2) is 4.98 Å². The van der Waals surface area contributed by atoms with Crippen molar-refractivity contribution in [3.8, 4) is 11.1 Å². The first-order valence-electron chi connectivity index (χ1n) is 5.84. The highest BCUT2D eigenvalue weighted by Crippen LogP contribution is 2.25. The fraction of sp³-hybridized carbons (Fsp3) is 0.143. The van der Waals surface area contributed by atoms with Crippen molar-refractivity contribution in [3.63, 3.8) is 0 Å². The van der Waals surface area contributed by atoms with E-state index >= 15 is 0 Å². The van der Waals surface area contributed by atoms with Crippen LogP contribution in [-0.2, 0) is 13.6 Å². The van der Waals surface area contributed by atoms with Crippen LogP contribution in [0, 0.1) is 0 Å². The van der Waals surface area contributed by atoms with Crippen molar-refractivity contribution in [2.75, 3.05) is 0 Å². The molecule has 0 unspecified atom stereocenters. The fourth-order valence-electron chi connectivity index (χ4n) is 2.18. The first kappa shape index (κ1) is 10.9. The molecule has 0 bridgehead atoms. The highest BCUT2D eigenvalue weighted by molar-refractivity contribution is 5.82. The van der Waals surface area contributed by atoms with E-state index in [2.05, 4.69) is 28.2 Å². The molecular formula is C14H14N4. The van der Waals surface area contributed by atoms with Crippen LogP contribution in [0.4, 0.5) is 0 Å². The number of nitrogens with two attached hydrogens (primary N) is 1. The lowest BCUT2D eigenvalue weighted by molar-refractivity contribution is 0.948. The van der Waals surface area contributed by atoms with Crippen LogP contribution < -0.4 is 5.73 Å². The molecule has 0 aliphatic heterocycles.